The van der Waals surface area contributed by atoms with E-state index in [4.69, 9.17) is 14.6 Å². The summed E-state index contributed by atoms with van der Waals surface area (Å²) in [4.78, 5) is 26.1. The predicted octanol–water partition coefficient (Wildman–Crippen LogP) is 7.39. The number of fused-ring (bicyclic) bond motifs is 1. The van der Waals surface area contributed by atoms with E-state index >= 15 is 0 Å². The van der Waals surface area contributed by atoms with Gasteiger partial charge in [-0.25, -0.2) is 9.37 Å². The Hall–Kier alpha value is -3.94. The molecule has 0 bridgehead atoms. The minimum absolute atomic E-state index is 0.0585. The van der Waals surface area contributed by atoms with Crippen LogP contribution in [0.3, 0.4) is 0 Å². The lowest BCUT2D eigenvalue weighted by atomic mass is 9.75. The molecule has 1 aliphatic rings. The molecule has 3 atom stereocenters. The lowest BCUT2D eigenvalue weighted by Crippen LogP contribution is -2.35. The Morgan fingerprint density at radius 1 is 1.11 bits per heavy atom. The first kappa shape index (κ1) is 36.5. The van der Waals surface area contributed by atoms with E-state index in [1.165, 1.54) is 0 Å². The molecule has 248 valence electrons. The summed E-state index contributed by atoms with van der Waals surface area (Å²) >= 11 is 3.54. The first-order valence-electron chi connectivity index (χ1n) is 14.6. The molecule has 1 saturated carbocycles. The first-order chi connectivity index (χ1) is 21.9. The van der Waals surface area contributed by atoms with Crippen LogP contribution in [0.25, 0.3) is 22.2 Å². The molecule has 0 aliphatic heterocycles. The average Bonchev–Trinajstić information content (AvgIpc) is 3.31. The predicted molar refractivity (Wildman–Crippen MR) is 173 cm³/mol. The molecule has 2 unspecified atom stereocenters. The summed E-state index contributed by atoms with van der Waals surface area (Å²) in [6, 6.07) is 16.5. The van der Waals surface area contributed by atoms with E-state index in [-0.39, 0.29) is 24.2 Å². The fourth-order valence-electron chi connectivity index (χ4n) is 5.60. The van der Waals surface area contributed by atoms with Crippen LogP contribution < -0.4 is 10.0 Å². The first-order valence-corrected chi connectivity index (χ1v) is 15.0. The molecule has 1 fully saturated rings. The number of hydrogen-bond donors (Lipinski definition) is 4. The van der Waals surface area contributed by atoms with E-state index in [0.717, 1.165) is 45.7 Å². The van der Waals surface area contributed by atoms with Gasteiger partial charge < -0.3 is 19.7 Å². The number of amides is 1. The maximum Gasteiger partial charge on any atom is 0.416 e. The van der Waals surface area contributed by atoms with E-state index < -0.39 is 29.4 Å². The van der Waals surface area contributed by atoms with E-state index in [9.17, 15) is 22.4 Å². The summed E-state index contributed by atoms with van der Waals surface area (Å²) in [5.74, 6) is -1.07. The molecule has 3 aromatic carbocycles. The summed E-state index contributed by atoms with van der Waals surface area (Å²) < 4.78 is 63.5. The van der Waals surface area contributed by atoms with Gasteiger partial charge in [-0.15, -0.1) is 0 Å². The molecule has 1 aromatic heterocycles. The number of benzene rings is 3. The van der Waals surface area contributed by atoms with Crippen molar-refractivity contribution >= 4 is 41.9 Å². The number of imidazole rings is 1. The van der Waals surface area contributed by atoms with Crippen LogP contribution in [0.1, 0.15) is 49.1 Å². The van der Waals surface area contributed by atoms with Gasteiger partial charge in [-0.2, -0.15) is 13.2 Å². The number of ether oxygens (including phenoxy) is 1. The zero-order chi connectivity index (χ0) is 34.0. The zero-order valence-corrected chi connectivity index (χ0v) is 26.8. The number of nitrogens with one attached hydrogen (secondary N) is 2. The van der Waals surface area contributed by atoms with E-state index in [0.29, 0.717) is 31.9 Å². The number of rotatable bonds is 6. The highest BCUT2D eigenvalue weighted by Gasteiger charge is 2.36. The second-order valence-corrected chi connectivity index (χ2v) is 11.1. The number of carbonyl (C=O) groups is 2. The van der Waals surface area contributed by atoms with Gasteiger partial charge in [0.15, 0.2) is 0 Å². The molecular weight excluding hydrogens is 624 g/mol. The topological polar surface area (TPSA) is 105 Å². The highest BCUT2D eigenvalue weighted by molar-refractivity contribution is 7.78. The van der Waals surface area contributed by atoms with E-state index in [1.807, 2.05) is 20.9 Å². The third kappa shape index (κ3) is 9.08. The second-order valence-electron chi connectivity index (χ2n) is 10.7. The highest BCUT2D eigenvalue weighted by Crippen LogP contribution is 2.40. The molecule has 3 N–H and O–H groups in total. The Bertz CT molecular complexity index is 1610. The van der Waals surface area contributed by atoms with Gasteiger partial charge in [-0.1, -0.05) is 43.1 Å². The van der Waals surface area contributed by atoms with Crippen molar-refractivity contribution in [3.05, 3.63) is 83.4 Å². The third-order valence-corrected chi connectivity index (χ3v) is 7.87. The number of anilines is 1. The van der Waals surface area contributed by atoms with E-state index in [2.05, 4.69) is 74.9 Å². The Balaban J connectivity index is 0.000000891. The van der Waals surface area contributed by atoms with Crippen LogP contribution in [-0.4, -0.2) is 46.8 Å². The van der Waals surface area contributed by atoms with Gasteiger partial charge in [0.1, 0.15) is 11.6 Å². The monoisotopic (exact) mass is 662 g/mol. The Morgan fingerprint density at radius 3 is 2.33 bits per heavy atom. The lowest BCUT2D eigenvalue weighted by molar-refractivity contribution is -0.137. The van der Waals surface area contributed by atoms with Crippen molar-refractivity contribution in [2.45, 2.75) is 51.3 Å². The molecule has 1 aliphatic carbocycles. The number of carbonyl (C=O) groups excluding carboxylic acids is 1. The molecule has 1 heterocycles. The molecule has 8 nitrogen and oxygen atoms in total. The summed E-state index contributed by atoms with van der Waals surface area (Å²) in [6.45, 7) is 4.19. The van der Waals surface area contributed by atoms with Crippen LogP contribution in [0.5, 0.6) is 0 Å². The van der Waals surface area contributed by atoms with Gasteiger partial charge >= 0.3 is 6.18 Å². The molecule has 1 amide bonds. The minimum atomic E-state index is -4.66. The largest absolute Gasteiger partial charge is 0.483 e. The normalized spacial score (nSPS) is 17.7. The number of carboxylic acid groups (broad SMARTS) is 1. The maximum absolute atomic E-state index is 14.4. The van der Waals surface area contributed by atoms with Gasteiger partial charge in [0.2, 0.25) is 5.91 Å². The van der Waals surface area contributed by atoms with Crippen LogP contribution in [0.2, 0.25) is 0 Å². The summed E-state index contributed by atoms with van der Waals surface area (Å²) in [5, 5.41) is 9.39. The second kappa shape index (κ2) is 16.6. The van der Waals surface area contributed by atoms with Crippen molar-refractivity contribution in [2.24, 2.45) is 13.0 Å². The molecule has 13 heteroatoms. The number of hydrogen-bond acceptors (Lipinski definition) is 6. The summed E-state index contributed by atoms with van der Waals surface area (Å²) in [5.41, 5.74) is 3.78. The molecule has 0 spiro atoms. The SMILES string of the molecule is CCO[C@@H]1CCC(C(=O)Nc2ccc(C(F)(F)F)cc2F)CC1c1ccc(-c2ccc3c(c2)nc(C)n3C)cc1.CNS.O=CO. The van der Waals surface area contributed by atoms with Crippen molar-refractivity contribution in [2.75, 3.05) is 19.0 Å². The van der Waals surface area contributed by atoms with Crippen LogP contribution in [0, 0.1) is 18.7 Å². The number of thiol groups is 1. The quantitative estimate of drug-likeness (QED) is 0.0976. The van der Waals surface area contributed by atoms with Crippen molar-refractivity contribution in [1.82, 2.24) is 14.3 Å². The Morgan fingerprint density at radius 2 is 1.74 bits per heavy atom. The van der Waals surface area contributed by atoms with Crippen LogP contribution in [0.15, 0.2) is 60.7 Å². The molecule has 0 saturated heterocycles. The van der Waals surface area contributed by atoms with Crippen molar-refractivity contribution < 1.29 is 37.0 Å². The van der Waals surface area contributed by atoms with E-state index in [1.54, 1.807) is 7.05 Å². The van der Waals surface area contributed by atoms with Gasteiger partial charge in [-0.3, -0.25) is 14.3 Å². The third-order valence-electron chi connectivity index (χ3n) is 7.87. The Kier molecular flexibility index (Phi) is 13.2. The lowest BCUT2D eigenvalue weighted by Gasteiger charge is -2.35. The standard InChI is InChI=1S/C31H31F4N3O2.CH5NS.CH2O2/c1-4-40-29-14-10-22(30(39)37-26-12-11-23(17-25(26)32)31(33,34)35)15-24(29)20-7-5-19(6-8-20)21-9-13-28-27(16-21)36-18(2)38(28)3;1-2-3;2-1-3/h5-9,11-13,16-17,22,24,29H,4,10,14-15H2,1-3H3,(H,37,39);2-3H,1H3;1H,(H,2,3)/t22?,24?,29-;;/m1../s1. The Labute approximate surface area is 270 Å². The minimum Gasteiger partial charge on any atom is -0.483 e. The maximum atomic E-state index is 14.4. The van der Waals surface area contributed by atoms with Gasteiger partial charge in [-0.05, 0) is 87.2 Å². The molecule has 4 aromatic rings. The van der Waals surface area contributed by atoms with Gasteiger partial charge in [0, 0.05) is 25.5 Å². The fraction of sp³-hybridized carbons (Fsp3) is 0.364. The van der Waals surface area contributed by atoms with Crippen molar-refractivity contribution in [3.8, 4) is 11.1 Å². The number of alkyl halides is 3. The number of nitrogens with zero attached hydrogens (tertiary/aromatic N) is 2. The highest BCUT2D eigenvalue weighted by atomic mass is 32.1. The molecule has 0 radical (unpaired) electrons. The molecule has 46 heavy (non-hydrogen) atoms. The van der Waals surface area contributed by atoms with Crippen molar-refractivity contribution in [3.63, 3.8) is 0 Å². The van der Waals surface area contributed by atoms with Crippen LogP contribution >= 0.6 is 12.8 Å². The molecular formula is C33H38F4N4O4S. The fourth-order valence-corrected chi connectivity index (χ4v) is 5.60. The smallest absolute Gasteiger partial charge is 0.416 e. The number of aryl methyl sites for hydroxylation is 2. The zero-order valence-electron chi connectivity index (χ0n) is 25.9. The number of halogens is 4. The summed E-state index contributed by atoms with van der Waals surface area (Å²) in [7, 11) is 3.73. The van der Waals surface area contributed by atoms with Crippen molar-refractivity contribution in [1.29, 1.82) is 0 Å². The van der Waals surface area contributed by atoms with Gasteiger partial charge in [0.25, 0.3) is 6.47 Å². The van der Waals surface area contributed by atoms with Crippen LogP contribution in [0.4, 0.5) is 23.2 Å². The number of aromatic nitrogens is 2. The van der Waals surface area contributed by atoms with Crippen LogP contribution in [-0.2, 0) is 27.5 Å². The van der Waals surface area contributed by atoms with Gasteiger partial charge in [0.05, 0.1) is 28.4 Å². The summed E-state index contributed by atoms with van der Waals surface area (Å²) in [6.07, 6.45) is -3.07. The molecule has 5 rings (SSSR count). The average molecular weight is 663 g/mol.